The maximum absolute atomic E-state index is 11.5. The predicted octanol–water partition coefficient (Wildman–Crippen LogP) is 3.30. The number of carbonyl (C=O) groups is 1. The lowest BCUT2D eigenvalue weighted by molar-refractivity contribution is -0.115. The summed E-state index contributed by atoms with van der Waals surface area (Å²) in [6.45, 7) is 4.32. The molecule has 0 saturated carbocycles. The summed E-state index contributed by atoms with van der Waals surface area (Å²) < 4.78 is 0.528. The molecule has 1 aromatic carbocycles. The third kappa shape index (κ3) is 2.96. The number of rotatable bonds is 2. The summed E-state index contributed by atoms with van der Waals surface area (Å²) in [5.41, 5.74) is 2.32. The summed E-state index contributed by atoms with van der Waals surface area (Å²) in [5, 5.41) is 2.60. The lowest BCUT2D eigenvalue weighted by Crippen LogP contribution is -2.17. The molecule has 2 nitrogen and oxygen atoms in total. The summed E-state index contributed by atoms with van der Waals surface area (Å²) in [7, 11) is 0. The fourth-order valence-electron chi connectivity index (χ4n) is 1.55. The second-order valence-electron chi connectivity index (χ2n) is 4.17. The van der Waals surface area contributed by atoms with Gasteiger partial charge >= 0.3 is 0 Å². The molecule has 0 atom stereocenters. The Balaban J connectivity index is 2.21. The van der Waals surface area contributed by atoms with E-state index in [9.17, 15) is 4.79 Å². The van der Waals surface area contributed by atoms with Crippen molar-refractivity contribution in [3.8, 4) is 0 Å². The molecule has 1 fully saturated rings. The summed E-state index contributed by atoms with van der Waals surface area (Å²) >= 11 is 6.25. The third-order valence-electron chi connectivity index (χ3n) is 2.54. The Kier molecular flexibility index (Phi) is 3.64. The number of hydrogen-bond donors (Lipinski definition) is 1. The zero-order valence-corrected chi connectivity index (χ0v) is 11.3. The van der Waals surface area contributed by atoms with Crippen LogP contribution in [0.5, 0.6) is 0 Å². The Labute approximate surface area is 110 Å². The van der Waals surface area contributed by atoms with E-state index in [4.69, 9.17) is 12.2 Å². The van der Waals surface area contributed by atoms with Gasteiger partial charge in [-0.3, -0.25) is 4.79 Å². The van der Waals surface area contributed by atoms with Gasteiger partial charge in [0.05, 0.1) is 4.91 Å². The summed E-state index contributed by atoms with van der Waals surface area (Å²) in [6.07, 6.45) is 1.86. The Morgan fingerprint density at radius 1 is 1.29 bits per heavy atom. The molecule has 1 amide bonds. The van der Waals surface area contributed by atoms with Crippen molar-refractivity contribution in [3.05, 3.63) is 40.3 Å². The van der Waals surface area contributed by atoms with Gasteiger partial charge in [0.25, 0.3) is 5.91 Å². The zero-order chi connectivity index (χ0) is 12.4. The smallest absolute Gasteiger partial charge is 0.263 e. The molecular formula is C13H13NOS2. The Bertz CT molecular complexity index is 489. The van der Waals surface area contributed by atoms with Gasteiger partial charge in [-0.15, -0.1) is 0 Å². The Hall–Kier alpha value is -1.13. The van der Waals surface area contributed by atoms with Gasteiger partial charge < -0.3 is 5.32 Å². The Morgan fingerprint density at radius 3 is 2.41 bits per heavy atom. The van der Waals surface area contributed by atoms with Gasteiger partial charge in [0.1, 0.15) is 4.32 Å². The molecule has 0 unspecified atom stereocenters. The van der Waals surface area contributed by atoms with Crippen molar-refractivity contribution in [3.63, 3.8) is 0 Å². The number of nitrogens with one attached hydrogen (secondary N) is 1. The first-order valence-electron chi connectivity index (χ1n) is 5.41. The van der Waals surface area contributed by atoms with Crippen LogP contribution >= 0.6 is 24.0 Å². The number of amides is 1. The van der Waals surface area contributed by atoms with Crippen LogP contribution in [0.2, 0.25) is 0 Å². The standard InChI is InChI=1S/C13H13NOS2/c1-8(2)10-5-3-9(4-6-10)7-11-12(15)14-13(16)17-11/h3-8H,1-2H3,(H,14,15,16)/b11-7+. The Morgan fingerprint density at radius 2 is 1.94 bits per heavy atom. The molecule has 0 spiro atoms. The van der Waals surface area contributed by atoms with Gasteiger partial charge in [0.15, 0.2) is 0 Å². The fraction of sp³-hybridized carbons (Fsp3) is 0.231. The zero-order valence-electron chi connectivity index (χ0n) is 9.69. The second kappa shape index (κ2) is 5.02. The van der Waals surface area contributed by atoms with Gasteiger partial charge in [0.2, 0.25) is 0 Å². The molecule has 0 radical (unpaired) electrons. The number of carbonyl (C=O) groups excluding carboxylic acids is 1. The average molecular weight is 263 g/mol. The van der Waals surface area contributed by atoms with Crippen LogP contribution in [0, 0.1) is 0 Å². The molecule has 0 bridgehead atoms. The van der Waals surface area contributed by atoms with Crippen LogP contribution in [0.4, 0.5) is 0 Å². The minimum atomic E-state index is -0.104. The lowest BCUT2D eigenvalue weighted by atomic mass is 10.0. The van der Waals surface area contributed by atoms with Crippen molar-refractivity contribution in [1.82, 2.24) is 5.32 Å². The highest BCUT2D eigenvalue weighted by Crippen LogP contribution is 2.26. The van der Waals surface area contributed by atoms with Crippen molar-refractivity contribution in [2.45, 2.75) is 19.8 Å². The van der Waals surface area contributed by atoms with Crippen LogP contribution in [0.3, 0.4) is 0 Å². The van der Waals surface area contributed by atoms with Crippen LogP contribution in [-0.2, 0) is 4.79 Å². The molecule has 1 heterocycles. The molecule has 0 aromatic heterocycles. The number of thioether (sulfide) groups is 1. The first-order chi connectivity index (χ1) is 8.06. The average Bonchev–Trinajstić information content (AvgIpc) is 2.58. The van der Waals surface area contributed by atoms with E-state index >= 15 is 0 Å². The highest BCUT2D eigenvalue weighted by Gasteiger charge is 2.21. The summed E-state index contributed by atoms with van der Waals surface area (Å²) in [6, 6.07) is 8.23. The van der Waals surface area contributed by atoms with E-state index in [0.29, 0.717) is 15.1 Å². The summed E-state index contributed by atoms with van der Waals surface area (Å²) in [5.74, 6) is 0.418. The molecule has 1 aliphatic heterocycles. The fourth-order valence-corrected chi connectivity index (χ4v) is 2.59. The maximum Gasteiger partial charge on any atom is 0.263 e. The number of thiocarbonyl (C=S) groups is 1. The van der Waals surface area contributed by atoms with Gasteiger partial charge in [-0.2, -0.15) is 0 Å². The van der Waals surface area contributed by atoms with Crippen LogP contribution < -0.4 is 5.32 Å². The highest BCUT2D eigenvalue weighted by molar-refractivity contribution is 8.26. The van der Waals surface area contributed by atoms with E-state index < -0.39 is 0 Å². The SMILES string of the molecule is CC(C)c1ccc(/C=C2/SC(=S)NC2=O)cc1. The third-order valence-corrected chi connectivity index (χ3v) is 3.71. The van der Waals surface area contributed by atoms with Gasteiger partial charge in [-0.25, -0.2) is 0 Å². The van der Waals surface area contributed by atoms with E-state index in [0.717, 1.165) is 5.56 Å². The minimum Gasteiger partial charge on any atom is -0.307 e. The van der Waals surface area contributed by atoms with Gasteiger partial charge in [0, 0.05) is 0 Å². The van der Waals surface area contributed by atoms with Gasteiger partial charge in [-0.05, 0) is 23.1 Å². The largest absolute Gasteiger partial charge is 0.307 e. The summed E-state index contributed by atoms with van der Waals surface area (Å²) in [4.78, 5) is 12.1. The van der Waals surface area contributed by atoms with Gasteiger partial charge in [-0.1, -0.05) is 62.1 Å². The van der Waals surface area contributed by atoms with Crippen molar-refractivity contribution in [2.24, 2.45) is 0 Å². The van der Waals surface area contributed by atoms with Crippen LogP contribution in [-0.4, -0.2) is 10.2 Å². The maximum atomic E-state index is 11.5. The highest BCUT2D eigenvalue weighted by atomic mass is 32.2. The van der Waals surface area contributed by atoms with Crippen molar-refractivity contribution in [2.75, 3.05) is 0 Å². The molecule has 88 valence electrons. The molecule has 0 aliphatic carbocycles. The molecule has 1 aromatic rings. The minimum absolute atomic E-state index is 0.104. The molecule has 17 heavy (non-hydrogen) atoms. The number of hydrogen-bond acceptors (Lipinski definition) is 3. The lowest BCUT2D eigenvalue weighted by Gasteiger charge is -2.04. The topological polar surface area (TPSA) is 29.1 Å². The first-order valence-corrected chi connectivity index (χ1v) is 6.63. The van der Waals surface area contributed by atoms with Crippen molar-refractivity contribution >= 4 is 40.3 Å². The molecule has 1 N–H and O–H groups in total. The van der Waals surface area contributed by atoms with Crippen LogP contribution in [0.15, 0.2) is 29.2 Å². The van der Waals surface area contributed by atoms with Crippen LogP contribution in [0.25, 0.3) is 6.08 Å². The molecular weight excluding hydrogens is 250 g/mol. The van der Waals surface area contributed by atoms with E-state index in [1.807, 2.05) is 18.2 Å². The van der Waals surface area contributed by atoms with E-state index in [1.54, 1.807) is 0 Å². The quantitative estimate of drug-likeness (QED) is 0.655. The molecule has 1 saturated heterocycles. The van der Waals surface area contributed by atoms with E-state index in [1.165, 1.54) is 17.3 Å². The first kappa shape index (κ1) is 12.3. The normalized spacial score (nSPS) is 17.9. The second-order valence-corrected chi connectivity index (χ2v) is 5.89. The predicted molar refractivity (Wildman–Crippen MR) is 76.8 cm³/mol. The van der Waals surface area contributed by atoms with E-state index in [-0.39, 0.29) is 5.91 Å². The van der Waals surface area contributed by atoms with E-state index in [2.05, 4.69) is 31.3 Å². The monoisotopic (exact) mass is 263 g/mol. The molecule has 1 aliphatic rings. The number of benzene rings is 1. The van der Waals surface area contributed by atoms with Crippen LogP contribution in [0.1, 0.15) is 30.9 Å². The molecule has 4 heteroatoms. The van der Waals surface area contributed by atoms with Crippen molar-refractivity contribution < 1.29 is 4.79 Å². The van der Waals surface area contributed by atoms with Crippen molar-refractivity contribution in [1.29, 1.82) is 0 Å². The molecule has 2 rings (SSSR count).